The Labute approximate surface area is 56.2 Å². The Kier molecular flexibility index (Phi) is 0.887. The molecule has 10 heavy (non-hydrogen) atoms. The molecule has 0 atom stereocenters. The summed E-state index contributed by atoms with van der Waals surface area (Å²) < 4.78 is 1.50. The summed E-state index contributed by atoms with van der Waals surface area (Å²) in [6, 6.07) is 1.79. The molecule has 4 nitrogen and oxygen atoms in total. The lowest BCUT2D eigenvalue weighted by molar-refractivity contribution is -0.343. The summed E-state index contributed by atoms with van der Waals surface area (Å²) in [5.74, 6) is 0. The number of rotatable bonds is 0. The van der Waals surface area contributed by atoms with Crippen LogP contribution in [0.1, 0.15) is 0 Å². The van der Waals surface area contributed by atoms with E-state index in [2.05, 4.69) is 9.97 Å². The number of nitrogens with zero attached hydrogens (tertiary/aromatic N) is 1. The third kappa shape index (κ3) is 0.556. The number of fused-ring (bicyclic) bond motifs is 1. The number of aromatic nitrogens is 3. The van der Waals surface area contributed by atoms with E-state index in [1.165, 1.54) is 4.40 Å². The average Bonchev–Trinajstić information content (AvgIpc) is 2.36. The molecule has 0 aliphatic carbocycles. The fraction of sp³-hybridized carbons (Fsp3) is 0. The molecule has 2 aromatic heterocycles. The molecule has 4 heteroatoms. The second-order valence-corrected chi connectivity index (χ2v) is 2.00. The number of imidazole rings is 1. The Morgan fingerprint density at radius 2 is 2.50 bits per heavy atom. The van der Waals surface area contributed by atoms with E-state index >= 15 is 0 Å². The molecule has 0 radical (unpaired) electrons. The molecule has 2 rings (SSSR count). The van der Waals surface area contributed by atoms with Gasteiger partial charge in [0.1, 0.15) is 12.4 Å². The first-order valence-electron chi connectivity index (χ1n) is 2.94. The van der Waals surface area contributed by atoms with Crippen molar-refractivity contribution in [2.24, 2.45) is 0 Å². The summed E-state index contributed by atoms with van der Waals surface area (Å²) in [5.41, 5.74) is 0.669. The highest BCUT2D eigenvalue weighted by molar-refractivity contribution is 5.27. The van der Waals surface area contributed by atoms with Gasteiger partial charge in [0.2, 0.25) is 0 Å². The predicted octanol–water partition coefficient (Wildman–Crippen LogP) is -0.558. The maximum Gasteiger partial charge on any atom is 0.417 e. The summed E-state index contributed by atoms with van der Waals surface area (Å²) in [6.07, 6.45) is 4.99. The van der Waals surface area contributed by atoms with E-state index < -0.39 is 0 Å². The van der Waals surface area contributed by atoms with Gasteiger partial charge in [0.05, 0.1) is 0 Å². The zero-order chi connectivity index (χ0) is 6.97. The van der Waals surface area contributed by atoms with Gasteiger partial charge in [-0.2, -0.15) is 0 Å². The van der Waals surface area contributed by atoms with Crippen LogP contribution in [0.2, 0.25) is 0 Å². The third-order valence-corrected chi connectivity index (χ3v) is 1.38. The molecule has 50 valence electrons. The predicted molar refractivity (Wildman–Crippen MR) is 34.6 cm³/mol. The molecule has 0 unspecified atom stereocenters. The summed E-state index contributed by atoms with van der Waals surface area (Å²) in [4.78, 5) is 16.4. The minimum absolute atomic E-state index is 0.126. The minimum Gasteiger partial charge on any atom is -0.294 e. The van der Waals surface area contributed by atoms with Crippen molar-refractivity contribution in [3.05, 3.63) is 35.1 Å². The molecule has 0 aliphatic heterocycles. The number of nitrogens with one attached hydrogen (secondary N) is 2. The van der Waals surface area contributed by atoms with Gasteiger partial charge in [0.25, 0.3) is 5.65 Å². The summed E-state index contributed by atoms with van der Waals surface area (Å²) in [5, 5.41) is 0. The van der Waals surface area contributed by atoms with Crippen LogP contribution >= 0.6 is 0 Å². The zero-order valence-electron chi connectivity index (χ0n) is 5.16. The van der Waals surface area contributed by atoms with Crippen molar-refractivity contribution < 1.29 is 4.98 Å². The molecular formula is C6H6N3O+. The van der Waals surface area contributed by atoms with Gasteiger partial charge in [0, 0.05) is 12.3 Å². The van der Waals surface area contributed by atoms with Crippen LogP contribution in [0.25, 0.3) is 5.65 Å². The monoisotopic (exact) mass is 136 g/mol. The Morgan fingerprint density at radius 1 is 1.60 bits per heavy atom. The van der Waals surface area contributed by atoms with E-state index in [0.717, 1.165) is 5.65 Å². The fourth-order valence-electron chi connectivity index (χ4n) is 0.914. The molecule has 0 bridgehead atoms. The van der Waals surface area contributed by atoms with Gasteiger partial charge >= 0.3 is 5.69 Å². The molecule has 0 saturated carbocycles. The first kappa shape index (κ1) is 5.22. The first-order valence-corrected chi connectivity index (χ1v) is 2.94. The second kappa shape index (κ2) is 1.70. The highest BCUT2D eigenvalue weighted by atomic mass is 16.1. The van der Waals surface area contributed by atoms with Crippen LogP contribution in [0.15, 0.2) is 29.5 Å². The fourth-order valence-corrected chi connectivity index (χ4v) is 0.914. The topological polar surface area (TPSA) is 51.4 Å². The molecule has 2 heterocycles. The Morgan fingerprint density at radius 3 is 3.30 bits per heavy atom. The van der Waals surface area contributed by atoms with Crippen LogP contribution in [0.3, 0.4) is 0 Å². The second-order valence-electron chi connectivity index (χ2n) is 2.00. The van der Waals surface area contributed by atoms with Crippen LogP contribution in [-0.2, 0) is 0 Å². The molecule has 0 aromatic carbocycles. The van der Waals surface area contributed by atoms with Crippen molar-refractivity contribution in [1.82, 2.24) is 9.38 Å². The lowest BCUT2D eigenvalue weighted by Gasteiger charge is -1.79. The van der Waals surface area contributed by atoms with E-state index in [9.17, 15) is 4.79 Å². The van der Waals surface area contributed by atoms with Gasteiger partial charge in [-0.3, -0.25) is 4.98 Å². The van der Waals surface area contributed by atoms with Crippen LogP contribution in [0.4, 0.5) is 0 Å². The van der Waals surface area contributed by atoms with E-state index in [-0.39, 0.29) is 5.69 Å². The molecule has 0 saturated heterocycles. The number of hydrogen-bond donors (Lipinski definition) is 1. The van der Waals surface area contributed by atoms with Crippen molar-refractivity contribution >= 4 is 5.65 Å². The number of H-pyrrole nitrogens is 2. The third-order valence-electron chi connectivity index (χ3n) is 1.38. The average molecular weight is 136 g/mol. The van der Waals surface area contributed by atoms with Gasteiger partial charge in [-0.1, -0.05) is 0 Å². The number of hydrogen-bond acceptors (Lipinski definition) is 1. The van der Waals surface area contributed by atoms with E-state index in [1.807, 2.05) is 0 Å². The first-order chi connectivity index (χ1) is 4.88. The van der Waals surface area contributed by atoms with Gasteiger partial charge in [0.15, 0.2) is 0 Å². The largest absolute Gasteiger partial charge is 0.417 e. The maximum absolute atomic E-state index is 10.9. The van der Waals surface area contributed by atoms with Crippen molar-refractivity contribution in [2.75, 3.05) is 0 Å². The van der Waals surface area contributed by atoms with Gasteiger partial charge < -0.3 is 0 Å². The quantitative estimate of drug-likeness (QED) is 0.518. The van der Waals surface area contributed by atoms with E-state index in [4.69, 9.17) is 0 Å². The standard InChI is InChI=1S/C6H5N3O/c10-6-8-2-1-5-7-3-4-9(5)6/h1-4H,(H,8,10)/p+1. The SMILES string of the molecule is O=c1[nH]ccc2[nH+]ccn12. The smallest absolute Gasteiger partial charge is 0.294 e. The highest BCUT2D eigenvalue weighted by Gasteiger charge is 2.01. The number of aromatic amines is 2. The van der Waals surface area contributed by atoms with Crippen molar-refractivity contribution in [3.8, 4) is 0 Å². The summed E-state index contributed by atoms with van der Waals surface area (Å²) in [7, 11) is 0. The van der Waals surface area contributed by atoms with E-state index in [1.54, 1.807) is 24.7 Å². The molecule has 0 fully saturated rings. The van der Waals surface area contributed by atoms with Gasteiger partial charge in [-0.15, -0.1) is 4.40 Å². The summed E-state index contributed by atoms with van der Waals surface area (Å²) >= 11 is 0. The molecule has 2 N–H and O–H groups in total. The lowest BCUT2D eigenvalue weighted by atomic mass is 10.6. The molecule has 2 aromatic rings. The Balaban J connectivity index is 3.09. The van der Waals surface area contributed by atoms with Crippen LogP contribution in [0.5, 0.6) is 0 Å². The van der Waals surface area contributed by atoms with Crippen molar-refractivity contribution in [1.29, 1.82) is 0 Å². The van der Waals surface area contributed by atoms with E-state index in [0.29, 0.717) is 0 Å². The lowest BCUT2D eigenvalue weighted by Crippen LogP contribution is -2.15. The Hall–Kier alpha value is -1.58. The van der Waals surface area contributed by atoms with Crippen LogP contribution in [-0.4, -0.2) is 9.38 Å². The highest BCUT2D eigenvalue weighted by Crippen LogP contribution is 1.85. The van der Waals surface area contributed by atoms with Gasteiger partial charge in [-0.25, -0.2) is 9.78 Å². The van der Waals surface area contributed by atoms with Crippen molar-refractivity contribution in [3.63, 3.8) is 0 Å². The normalized spacial score (nSPS) is 10.4. The summed E-state index contributed by atoms with van der Waals surface area (Å²) in [6.45, 7) is 0. The minimum atomic E-state index is -0.126. The molecule has 0 aliphatic rings. The molecule has 0 amide bonds. The molecule has 0 spiro atoms. The zero-order valence-corrected chi connectivity index (χ0v) is 5.16. The Bertz CT molecular complexity index is 400. The van der Waals surface area contributed by atoms with Gasteiger partial charge in [-0.05, 0) is 0 Å². The molecular weight excluding hydrogens is 130 g/mol. The van der Waals surface area contributed by atoms with Crippen LogP contribution in [0, 0.1) is 0 Å². The van der Waals surface area contributed by atoms with Crippen LogP contribution < -0.4 is 10.7 Å². The van der Waals surface area contributed by atoms with Crippen molar-refractivity contribution in [2.45, 2.75) is 0 Å². The maximum atomic E-state index is 10.9.